The van der Waals surface area contributed by atoms with Crippen molar-refractivity contribution in [2.45, 2.75) is 36.1 Å². The summed E-state index contributed by atoms with van der Waals surface area (Å²) in [5.74, 6) is 0.797. The highest BCUT2D eigenvalue weighted by atomic mass is 32.2. The van der Waals surface area contributed by atoms with Gasteiger partial charge in [0.25, 0.3) is 0 Å². The molecule has 2 aromatic carbocycles. The monoisotopic (exact) mass is 407 g/mol. The van der Waals surface area contributed by atoms with Crippen LogP contribution in [0, 0.1) is 0 Å². The molecular weight excluding hydrogens is 386 g/mol. The van der Waals surface area contributed by atoms with Crippen molar-refractivity contribution in [1.82, 2.24) is 19.8 Å². The first-order valence-corrected chi connectivity index (χ1v) is 11.3. The van der Waals surface area contributed by atoms with Crippen LogP contribution in [0.2, 0.25) is 0 Å². The van der Waals surface area contributed by atoms with Crippen LogP contribution in [0.3, 0.4) is 0 Å². The van der Waals surface area contributed by atoms with E-state index in [1.807, 2.05) is 43.3 Å². The Morgan fingerprint density at radius 3 is 2.45 bits per heavy atom. The first kappa shape index (κ1) is 18.1. The lowest BCUT2D eigenvalue weighted by Gasteiger charge is -2.18. The molecule has 0 bridgehead atoms. The zero-order chi connectivity index (χ0) is 20.0. The topological polar surface area (TPSA) is 80.5 Å². The number of benzene rings is 2. The maximum Gasteiger partial charge on any atom is 0.229 e. The molecule has 0 aliphatic carbocycles. The predicted octanol–water partition coefficient (Wildman–Crippen LogP) is 3.27. The van der Waals surface area contributed by atoms with E-state index in [1.54, 1.807) is 12.1 Å². The van der Waals surface area contributed by atoms with E-state index >= 15 is 0 Å². The Labute approximate surface area is 168 Å². The smallest absolute Gasteiger partial charge is 0.229 e. The summed E-state index contributed by atoms with van der Waals surface area (Å²) in [5, 5.41) is 9.04. The third-order valence-corrected chi connectivity index (χ3v) is 7.17. The van der Waals surface area contributed by atoms with Crippen molar-refractivity contribution in [3.8, 4) is 0 Å². The van der Waals surface area contributed by atoms with Crippen molar-refractivity contribution in [2.75, 3.05) is 18.0 Å². The highest BCUT2D eigenvalue weighted by Crippen LogP contribution is 2.31. The Morgan fingerprint density at radius 2 is 1.72 bits per heavy atom. The molecule has 5 rings (SSSR count). The second kappa shape index (κ2) is 6.81. The normalized spacial score (nSPS) is 14.9. The zero-order valence-electron chi connectivity index (χ0n) is 16.1. The molecule has 1 saturated heterocycles. The van der Waals surface area contributed by atoms with E-state index < -0.39 is 9.84 Å². The van der Waals surface area contributed by atoms with Gasteiger partial charge in [0.1, 0.15) is 5.82 Å². The predicted molar refractivity (Wildman–Crippen MR) is 111 cm³/mol. The van der Waals surface area contributed by atoms with Gasteiger partial charge in [0.05, 0.1) is 10.4 Å². The largest absolute Gasteiger partial charge is 0.356 e. The average Bonchev–Trinajstić information content (AvgIpc) is 3.43. The molecule has 7 nitrogen and oxygen atoms in total. The molecule has 1 aliphatic rings. The number of anilines is 1. The van der Waals surface area contributed by atoms with Gasteiger partial charge in [0.15, 0.2) is 5.65 Å². The Kier molecular flexibility index (Phi) is 4.24. The molecule has 0 spiro atoms. The molecule has 148 valence electrons. The minimum atomic E-state index is -3.83. The van der Waals surface area contributed by atoms with Crippen LogP contribution in [0.1, 0.15) is 25.3 Å². The number of fused-ring (bicyclic) bond motifs is 3. The van der Waals surface area contributed by atoms with E-state index in [0.717, 1.165) is 54.6 Å². The fourth-order valence-electron chi connectivity index (χ4n) is 3.89. The minimum absolute atomic E-state index is 0.104. The molecule has 0 saturated carbocycles. The zero-order valence-corrected chi connectivity index (χ0v) is 16.9. The van der Waals surface area contributed by atoms with E-state index in [4.69, 9.17) is 4.98 Å². The molecule has 0 unspecified atom stereocenters. The summed E-state index contributed by atoms with van der Waals surface area (Å²) in [6.07, 6.45) is 3.06. The summed E-state index contributed by atoms with van der Waals surface area (Å²) >= 11 is 0. The molecule has 2 aromatic heterocycles. The SMILES string of the molecule is CCc1ccc(S(=O)(=O)c2nnn3c2nc(N2CCCC2)c2ccccc23)cc1. The summed E-state index contributed by atoms with van der Waals surface area (Å²) in [5.41, 5.74) is 2.15. The molecule has 3 heterocycles. The van der Waals surface area contributed by atoms with E-state index in [-0.39, 0.29) is 15.6 Å². The van der Waals surface area contributed by atoms with Gasteiger partial charge in [-0.1, -0.05) is 36.4 Å². The van der Waals surface area contributed by atoms with Crippen molar-refractivity contribution in [2.24, 2.45) is 0 Å². The van der Waals surface area contributed by atoms with Gasteiger partial charge < -0.3 is 4.90 Å². The molecule has 1 aliphatic heterocycles. The van der Waals surface area contributed by atoms with Crippen LogP contribution in [0.15, 0.2) is 58.5 Å². The maximum absolute atomic E-state index is 13.3. The van der Waals surface area contributed by atoms with Gasteiger partial charge in [0.2, 0.25) is 14.9 Å². The van der Waals surface area contributed by atoms with Gasteiger partial charge in [-0.25, -0.2) is 13.4 Å². The van der Waals surface area contributed by atoms with Crippen molar-refractivity contribution in [3.05, 3.63) is 54.1 Å². The van der Waals surface area contributed by atoms with Gasteiger partial charge >= 0.3 is 0 Å². The number of aromatic nitrogens is 4. The van der Waals surface area contributed by atoms with Crippen molar-refractivity contribution in [3.63, 3.8) is 0 Å². The van der Waals surface area contributed by atoms with Crippen LogP contribution in [0.25, 0.3) is 16.6 Å². The van der Waals surface area contributed by atoms with Gasteiger partial charge in [-0.2, -0.15) is 4.52 Å². The third kappa shape index (κ3) is 2.86. The van der Waals surface area contributed by atoms with Crippen molar-refractivity contribution in [1.29, 1.82) is 0 Å². The van der Waals surface area contributed by atoms with E-state index in [2.05, 4.69) is 15.2 Å². The number of nitrogens with zero attached hydrogens (tertiary/aromatic N) is 5. The standard InChI is InChI=1S/C21H21N5O2S/c1-2-15-9-11-16(12-10-15)29(27,28)21-20-22-19(25-13-5-6-14-25)17-7-3-4-8-18(17)26(20)24-23-21/h3-4,7-12H,2,5-6,13-14H2,1H3. The summed E-state index contributed by atoms with van der Waals surface area (Å²) in [6, 6.07) is 14.7. The van der Waals surface area contributed by atoms with Gasteiger partial charge in [0, 0.05) is 18.5 Å². The number of sulfone groups is 1. The number of para-hydroxylation sites is 1. The Morgan fingerprint density at radius 1 is 1.00 bits per heavy atom. The van der Waals surface area contributed by atoms with Crippen LogP contribution in [-0.2, 0) is 16.3 Å². The van der Waals surface area contributed by atoms with Crippen LogP contribution < -0.4 is 4.90 Å². The molecule has 0 amide bonds. The lowest BCUT2D eigenvalue weighted by atomic mass is 10.2. The van der Waals surface area contributed by atoms with E-state index in [1.165, 1.54) is 4.52 Å². The van der Waals surface area contributed by atoms with Gasteiger partial charge in [-0.3, -0.25) is 0 Å². The summed E-state index contributed by atoms with van der Waals surface area (Å²) in [6.45, 7) is 3.86. The van der Waals surface area contributed by atoms with Crippen molar-refractivity contribution < 1.29 is 8.42 Å². The van der Waals surface area contributed by atoms with Crippen LogP contribution >= 0.6 is 0 Å². The lowest BCUT2D eigenvalue weighted by Crippen LogP contribution is -2.20. The average molecular weight is 407 g/mol. The van der Waals surface area contributed by atoms with Crippen molar-refractivity contribution >= 4 is 32.2 Å². The Hall–Kier alpha value is -3.00. The van der Waals surface area contributed by atoms with Crippen LogP contribution in [0.4, 0.5) is 5.82 Å². The number of aryl methyl sites for hydroxylation is 1. The highest BCUT2D eigenvalue weighted by Gasteiger charge is 2.28. The first-order valence-electron chi connectivity index (χ1n) is 9.83. The molecule has 8 heteroatoms. The molecule has 0 radical (unpaired) electrons. The number of hydrogen-bond acceptors (Lipinski definition) is 6. The molecule has 29 heavy (non-hydrogen) atoms. The molecular formula is C21H21N5O2S. The second-order valence-corrected chi connectivity index (χ2v) is 9.14. The Bertz CT molecular complexity index is 1310. The summed E-state index contributed by atoms with van der Waals surface area (Å²) in [4.78, 5) is 7.17. The minimum Gasteiger partial charge on any atom is -0.356 e. The van der Waals surface area contributed by atoms with Crippen LogP contribution in [0.5, 0.6) is 0 Å². The molecule has 1 fully saturated rings. The summed E-state index contributed by atoms with van der Waals surface area (Å²) in [7, 11) is -3.83. The third-order valence-electron chi connectivity index (χ3n) is 5.50. The lowest BCUT2D eigenvalue weighted by molar-refractivity contribution is 0.592. The summed E-state index contributed by atoms with van der Waals surface area (Å²) < 4.78 is 28.1. The van der Waals surface area contributed by atoms with Crippen LogP contribution in [-0.4, -0.2) is 41.3 Å². The maximum atomic E-state index is 13.3. The second-order valence-electron chi connectivity index (χ2n) is 7.28. The van der Waals surface area contributed by atoms with Gasteiger partial charge in [-0.15, -0.1) is 5.10 Å². The number of hydrogen-bond donors (Lipinski definition) is 0. The Balaban J connectivity index is 1.75. The van der Waals surface area contributed by atoms with Gasteiger partial charge in [-0.05, 0) is 49.1 Å². The molecule has 0 N–H and O–H groups in total. The molecule has 0 atom stereocenters. The van der Waals surface area contributed by atoms with E-state index in [0.29, 0.717) is 0 Å². The fourth-order valence-corrected chi connectivity index (χ4v) is 5.12. The highest BCUT2D eigenvalue weighted by molar-refractivity contribution is 7.91. The first-order chi connectivity index (χ1) is 14.1. The number of rotatable bonds is 4. The quantitative estimate of drug-likeness (QED) is 0.516. The molecule has 4 aromatic rings. The fraction of sp³-hybridized carbons (Fsp3) is 0.286. The van der Waals surface area contributed by atoms with E-state index in [9.17, 15) is 8.42 Å².